The number of aliphatic hydroxyl groups excluding tert-OH is 1. The SMILES string of the molecule is CC(C)C(CO)Cc1cc(F)cc(F)c1. The second-order valence-corrected chi connectivity index (χ2v) is 4.17. The molecule has 1 N–H and O–H groups in total. The summed E-state index contributed by atoms with van der Waals surface area (Å²) in [6.45, 7) is 4.00. The summed E-state index contributed by atoms with van der Waals surface area (Å²) in [5.74, 6) is -0.788. The van der Waals surface area contributed by atoms with Gasteiger partial charge in [-0.3, -0.25) is 0 Å². The molecule has 0 heterocycles. The Kier molecular flexibility index (Phi) is 4.21. The number of hydrogen-bond donors (Lipinski definition) is 1. The van der Waals surface area contributed by atoms with Crippen molar-refractivity contribution in [2.45, 2.75) is 20.3 Å². The number of aliphatic hydroxyl groups is 1. The first-order valence-electron chi connectivity index (χ1n) is 5.08. The van der Waals surface area contributed by atoms with Gasteiger partial charge in [0.15, 0.2) is 0 Å². The fourth-order valence-electron chi connectivity index (χ4n) is 1.54. The van der Waals surface area contributed by atoms with Crippen molar-refractivity contribution >= 4 is 0 Å². The number of rotatable bonds is 4. The molecule has 0 aromatic heterocycles. The van der Waals surface area contributed by atoms with Crippen molar-refractivity contribution in [1.82, 2.24) is 0 Å². The van der Waals surface area contributed by atoms with Crippen molar-refractivity contribution in [3.8, 4) is 0 Å². The van der Waals surface area contributed by atoms with Gasteiger partial charge in [0, 0.05) is 12.7 Å². The van der Waals surface area contributed by atoms with Gasteiger partial charge >= 0.3 is 0 Å². The monoisotopic (exact) mass is 214 g/mol. The van der Waals surface area contributed by atoms with Gasteiger partial charge in [-0.1, -0.05) is 13.8 Å². The molecule has 84 valence electrons. The summed E-state index contributed by atoms with van der Waals surface area (Å²) < 4.78 is 25.8. The zero-order valence-electron chi connectivity index (χ0n) is 9.00. The molecule has 1 atom stereocenters. The zero-order valence-corrected chi connectivity index (χ0v) is 9.00. The van der Waals surface area contributed by atoms with Gasteiger partial charge in [0.25, 0.3) is 0 Å². The van der Waals surface area contributed by atoms with E-state index in [1.54, 1.807) is 0 Å². The normalized spacial score (nSPS) is 13.2. The second kappa shape index (κ2) is 5.21. The third kappa shape index (κ3) is 3.59. The Balaban J connectivity index is 2.79. The van der Waals surface area contributed by atoms with Crippen LogP contribution in [0, 0.1) is 23.5 Å². The summed E-state index contributed by atoms with van der Waals surface area (Å²) in [5, 5.41) is 9.11. The second-order valence-electron chi connectivity index (χ2n) is 4.17. The Bertz CT molecular complexity index is 303. The smallest absolute Gasteiger partial charge is 0.126 e. The predicted octanol–water partition coefficient (Wildman–Crippen LogP) is 2.77. The summed E-state index contributed by atoms with van der Waals surface area (Å²) in [7, 11) is 0. The maximum atomic E-state index is 12.9. The van der Waals surface area contributed by atoms with Crippen LogP contribution < -0.4 is 0 Å². The van der Waals surface area contributed by atoms with Crippen LogP contribution in [0.2, 0.25) is 0 Å². The van der Waals surface area contributed by atoms with Gasteiger partial charge in [0.1, 0.15) is 11.6 Å². The Labute approximate surface area is 88.7 Å². The van der Waals surface area contributed by atoms with E-state index in [4.69, 9.17) is 5.11 Å². The van der Waals surface area contributed by atoms with Gasteiger partial charge in [0.2, 0.25) is 0 Å². The van der Waals surface area contributed by atoms with Crippen molar-refractivity contribution in [2.24, 2.45) is 11.8 Å². The zero-order chi connectivity index (χ0) is 11.4. The van der Waals surface area contributed by atoms with Crippen LogP contribution in [0.25, 0.3) is 0 Å². The molecule has 1 aromatic carbocycles. The van der Waals surface area contributed by atoms with Crippen LogP contribution in [0.5, 0.6) is 0 Å². The molecular formula is C12H16F2O. The number of halogens is 2. The van der Waals surface area contributed by atoms with E-state index in [0.717, 1.165) is 6.07 Å². The molecule has 0 aliphatic heterocycles. The van der Waals surface area contributed by atoms with Gasteiger partial charge in [-0.25, -0.2) is 8.78 Å². The van der Waals surface area contributed by atoms with E-state index in [-0.39, 0.29) is 12.5 Å². The van der Waals surface area contributed by atoms with Crippen LogP contribution in [0.15, 0.2) is 18.2 Å². The van der Waals surface area contributed by atoms with Gasteiger partial charge in [-0.05, 0) is 36.0 Å². The van der Waals surface area contributed by atoms with Crippen LogP contribution in [0.3, 0.4) is 0 Å². The lowest BCUT2D eigenvalue weighted by Gasteiger charge is -2.18. The molecular weight excluding hydrogens is 198 g/mol. The molecule has 1 aromatic rings. The average Bonchev–Trinajstić information content (AvgIpc) is 2.12. The lowest BCUT2D eigenvalue weighted by atomic mass is 9.90. The van der Waals surface area contributed by atoms with Crippen LogP contribution >= 0.6 is 0 Å². The Hall–Kier alpha value is -0.960. The van der Waals surface area contributed by atoms with Gasteiger partial charge in [0.05, 0.1) is 0 Å². The summed E-state index contributed by atoms with van der Waals surface area (Å²) in [6.07, 6.45) is 0.503. The van der Waals surface area contributed by atoms with Crippen molar-refractivity contribution in [1.29, 1.82) is 0 Å². The Morgan fingerprint density at radius 3 is 2.07 bits per heavy atom. The summed E-state index contributed by atoms with van der Waals surface area (Å²) in [6, 6.07) is 3.48. The molecule has 0 fully saturated rings. The third-order valence-electron chi connectivity index (χ3n) is 2.60. The van der Waals surface area contributed by atoms with E-state index in [2.05, 4.69) is 0 Å². The highest BCUT2D eigenvalue weighted by Crippen LogP contribution is 2.18. The van der Waals surface area contributed by atoms with E-state index in [1.165, 1.54) is 12.1 Å². The Morgan fingerprint density at radius 1 is 1.13 bits per heavy atom. The highest BCUT2D eigenvalue weighted by molar-refractivity contribution is 5.18. The van der Waals surface area contributed by atoms with E-state index in [9.17, 15) is 8.78 Å². The highest BCUT2D eigenvalue weighted by Gasteiger charge is 2.13. The molecule has 0 spiro atoms. The van der Waals surface area contributed by atoms with Crippen LogP contribution in [0.4, 0.5) is 8.78 Å². The molecule has 0 bridgehead atoms. The van der Waals surface area contributed by atoms with Crippen LogP contribution in [0.1, 0.15) is 19.4 Å². The molecule has 1 unspecified atom stereocenters. The molecule has 0 saturated carbocycles. The minimum Gasteiger partial charge on any atom is -0.396 e. The maximum Gasteiger partial charge on any atom is 0.126 e. The first kappa shape index (κ1) is 12.1. The minimum atomic E-state index is -0.564. The lowest BCUT2D eigenvalue weighted by molar-refractivity contribution is 0.189. The fraction of sp³-hybridized carbons (Fsp3) is 0.500. The van der Waals surface area contributed by atoms with E-state index < -0.39 is 11.6 Å². The highest BCUT2D eigenvalue weighted by atomic mass is 19.1. The maximum absolute atomic E-state index is 12.9. The topological polar surface area (TPSA) is 20.2 Å². The van der Waals surface area contributed by atoms with E-state index in [0.29, 0.717) is 17.9 Å². The lowest BCUT2D eigenvalue weighted by Crippen LogP contribution is -2.16. The van der Waals surface area contributed by atoms with Gasteiger partial charge in [-0.2, -0.15) is 0 Å². The van der Waals surface area contributed by atoms with Crippen LogP contribution in [-0.2, 0) is 6.42 Å². The average molecular weight is 214 g/mol. The minimum absolute atomic E-state index is 0.0375. The first-order chi connectivity index (χ1) is 7.02. The fourth-order valence-corrected chi connectivity index (χ4v) is 1.54. The number of hydrogen-bond acceptors (Lipinski definition) is 1. The predicted molar refractivity (Wildman–Crippen MR) is 55.5 cm³/mol. The molecule has 0 aliphatic rings. The number of benzene rings is 1. The van der Waals surface area contributed by atoms with Crippen molar-refractivity contribution in [3.63, 3.8) is 0 Å². The third-order valence-corrected chi connectivity index (χ3v) is 2.60. The quantitative estimate of drug-likeness (QED) is 0.817. The first-order valence-corrected chi connectivity index (χ1v) is 5.08. The van der Waals surface area contributed by atoms with E-state index >= 15 is 0 Å². The molecule has 0 radical (unpaired) electrons. The van der Waals surface area contributed by atoms with Gasteiger partial charge in [-0.15, -0.1) is 0 Å². The molecule has 0 saturated heterocycles. The van der Waals surface area contributed by atoms with Crippen molar-refractivity contribution in [3.05, 3.63) is 35.4 Å². The summed E-state index contributed by atoms with van der Waals surface area (Å²) in [5.41, 5.74) is 0.597. The van der Waals surface area contributed by atoms with Crippen molar-refractivity contribution < 1.29 is 13.9 Å². The standard InChI is InChI=1S/C12H16F2O/c1-8(2)10(7-15)3-9-4-11(13)6-12(14)5-9/h4-6,8,10,15H,3,7H2,1-2H3. The summed E-state index contributed by atoms with van der Waals surface area (Å²) >= 11 is 0. The molecule has 15 heavy (non-hydrogen) atoms. The van der Waals surface area contributed by atoms with Crippen molar-refractivity contribution in [2.75, 3.05) is 6.61 Å². The molecule has 0 aliphatic carbocycles. The van der Waals surface area contributed by atoms with Gasteiger partial charge < -0.3 is 5.11 Å². The Morgan fingerprint density at radius 2 is 1.67 bits per heavy atom. The molecule has 1 nitrogen and oxygen atoms in total. The summed E-state index contributed by atoms with van der Waals surface area (Å²) in [4.78, 5) is 0. The molecule has 3 heteroatoms. The van der Waals surface area contributed by atoms with E-state index in [1.807, 2.05) is 13.8 Å². The van der Waals surface area contributed by atoms with Crippen LogP contribution in [-0.4, -0.2) is 11.7 Å². The largest absolute Gasteiger partial charge is 0.396 e. The molecule has 1 rings (SSSR count). The molecule has 0 amide bonds.